The highest BCUT2D eigenvalue weighted by Crippen LogP contribution is 2.46. The number of para-hydroxylation sites is 1. The van der Waals surface area contributed by atoms with Crippen molar-refractivity contribution in [2.75, 3.05) is 4.90 Å². The molecule has 53 heavy (non-hydrogen) atoms. The predicted octanol–water partition coefficient (Wildman–Crippen LogP) is 14.6. The van der Waals surface area contributed by atoms with Crippen LogP contribution >= 0.6 is 0 Å². The van der Waals surface area contributed by atoms with E-state index in [-0.39, 0.29) is 0 Å². The molecule has 248 valence electrons. The van der Waals surface area contributed by atoms with Crippen molar-refractivity contribution in [3.63, 3.8) is 0 Å². The third-order valence-corrected chi connectivity index (χ3v) is 10.6. The molecule has 0 fully saturated rings. The number of benzene rings is 9. The van der Waals surface area contributed by atoms with Crippen molar-refractivity contribution in [1.82, 2.24) is 0 Å². The number of furan rings is 2. The number of rotatable bonds is 5. The van der Waals surface area contributed by atoms with E-state index in [0.717, 1.165) is 88.4 Å². The van der Waals surface area contributed by atoms with Crippen LogP contribution in [0, 0.1) is 0 Å². The lowest BCUT2D eigenvalue weighted by molar-refractivity contribution is 0.669. The summed E-state index contributed by atoms with van der Waals surface area (Å²) in [7, 11) is 0. The summed E-state index contributed by atoms with van der Waals surface area (Å²) in [5, 5.41) is 9.18. The molecule has 3 nitrogen and oxygen atoms in total. The van der Waals surface area contributed by atoms with Crippen molar-refractivity contribution in [1.29, 1.82) is 0 Å². The Balaban J connectivity index is 1.12. The average molecular weight is 678 g/mol. The summed E-state index contributed by atoms with van der Waals surface area (Å²) in [6.45, 7) is 0. The lowest BCUT2D eigenvalue weighted by Crippen LogP contribution is -2.10. The maximum absolute atomic E-state index is 6.67. The monoisotopic (exact) mass is 677 g/mol. The van der Waals surface area contributed by atoms with Crippen molar-refractivity contribution in [2.45, 2.75) is 0 Å². The van der Waals surface area contributed by atoms with Gasteiger partial charge < -0.3 is 13.7 Å². The fourth-order valence-electron chi connectivity index (χ4n) is 8.15. The summed E-state index contributed by atoms with van der Waals surface area (Å²) >= 11 is 0. The van der Waals surface area contributed by atoms with E-state index in [1.165, 1.54) is 16.3 Å². The number of fused-ring (bicyclic) bond motifs is 9. The Morgan fingerprint density at radius 1 is 0.340 bits per heavy atom. The highest BCUT2D eigenvalue weighted by atomic mass is 16.3. The molecule has 0 bridgehead atoms. The van der Waals surface area contributed by atoms with E-state index in [1.807, 2.05) is 12.1 Å². The zero-order valence-corrected chi connectivity index (χ0v) is 28.7. The molecule has 0 N–H and O–H groups in total. The Morgan fingerprint density at radius 2 is 1.00 bits per heavy atom. The van der Waals surface area contributed by atoms with Crippen molar-refractivity contribution >= 4 is 82.5 Å². The Morgan fingerprint density at radius 3 is 1.89 bits per heavy atom. The van der Waals surface area contributed by atoms with E-state index in [0.29, 0.717) is 0 Å². The van der Waals surface area contributed by atoms with Gasteiger partial charge in [-0.25, -0.2) is 0 Å². The van der Waals surface area contributed by atoms with Crippen LogP contribution in [0.25, 0.3) is 87.7 Å². The van der Waals surface area contributed by atoms with Crippen molar-refractivity contribution in [3.05, 3.63) is 188 Å². The second kappa shape index (κ2) is 11.7. The third kappa shape index (κ3) is 4.75. The van der Waals surface area contributed by atoms with Gasteiger partial charge in [0.1, 0.15) is 22.3 Å². The average Bonchev–Trinajstić information content (AvgIpc) is 3.81. The lowest BCUT2D eigenvalue weighted by Gasteiger charge is -2.27. The number of anilines is 3. The molecule has 2 aromatic heterocycles. The second-order valence-corrected chi connectivity index (χ2v) is 13.7. The van der Waals surface area contributed by atoms with Crippen LogP contribution in [0.5, 0.6) is 0 Å². The Bertz CT molecular complexity index is 3180. The van der Waals surface area contributed by atoms with Crippen molar-refractivity contribution in [3.8, 4) is 22.3 Å². The number of hydrogen-bond acceptors (Lipinski definition) is 3. The fourth-order valence-corrected chi connectivity index (χ4v) is 8.15. The molecule has 0 amide bonds. The van der Waals surface area contributed by atoms with E-state index in [2.05, 4.69) is 181 Å². The van der Waals surface area contributed by atoms with Gasteiger partial charge in [0.05, 0.1) is 11.1 Å². The van der Waals surface area contributed by atoms with Gasteiger partial charge in [-0.3, -0.25) is 0 Å². The van der Waals surface area contributed by atoms with E-state index < -0.39 is 0 Å². The van der Waals surface area contributed by atoms with E-state index in [4.69, 9.17) is 8.83 Å². The molecule has 0 saturated heterocycles. The molecule has 0 unspecified atom stereocenters. The fraction of sp³-hybridized carbons (Fsp3) is 0. The molecule has 0 spiro atoms. The van der Waals surface area contributed by atoms with E-state index >= 15 is 0 Å². The van der Waals surface area contributed by atoms with Gasteiger partial charge >= 0.3 is 0 Å². The van der Waals surface area contributed by atoms with Gasteiger partial charge in [-0.2, -0.15) is 0 Å². The van der Waals surface area contributed by atoms with Gasteiger partial charge in [-0.05, 0) is 99.1 Å². The highest BCUT2D eigenvalue weighted by molar-refractivity contribution is 6.19. The molecule has 0 aliphatic carbocycles. The van der Waals surface area contributed by atoms with Crippen LogP contribution in [-0.4, -0.2) is 0 Å². The van der Waals surface area contributed by atoms with Gasteiger partial charge in [0.2, 0.25) is 0 Å². The largest absolute Gasteiger partial charge is 0.456 e. The predicted molar refractivity (Wildman–Crippen MR) is 222 cm³/mol. The van der Waals surface area contributed by atoms with Crippen LogP contribution in [0.3, 0.4) is 0 Å². The normalized spacial score (nSPS) is 11.8. The summed E-state index contributed by atoms with van der Waals surface area (Å²) in [4.78, 5) is 2.37. The zero-order chi connectivity index (χ0) is 34.9. The first-order chi connectivity index (χ1) is 26.3. The Kier molecular flexibility index (Phi) is 6.55. The minimum absolute atomic E-state index is 0.861. The van der Waals surface area contributed by atoms with E-state index in [1.54, 1.807) is 0 Å². The molecule has 11 aromatic rings. The molecular weight excluding hydrogens is 647 g/mol. The molecule has 0 saturated carbocycles. The highest BCUT2D eigenvalue weighted by Gasteiger charge is 2.21. The minimum atomic E-state index is 0.861. The molecule has 2 heterocycles. The number of nitrogens with zero attached hydrogens (tertiary/aromatic N) is 1. The SMILES string of the molecule is c1cc(-c2ccc3ccccc3c2)cc(N(c2ccc(-c3cccc4oc5ccccc5c34)cc2)c2cccc3oc4c5ccccc5ccc4c23)c1. The first kappa shape index (κ1) is 29.6. The van der Waals surface area contributed by atoms with Gasteiger partial charge in [0, 0.05) is 32.9 Å². The first-order valence-electron chi connectivity index (χ1n) is 18.0. The molecule has 0 atom stereocenters. The van der Waals surface area contributed by atoms with E-state index in [9.17, 15) is 0 Å². The van der Waals surface area contributed by atoms with Gasteiger partial charge in [-0.1, -0.05) is 127 Å². The maximum atomic E-state index is 6.67. The van der Waals surface area contributed by atoms with Crippen LogP contribution in [0.15, 0.2) is 197 Å². The quantitative estimate of drug-likeness (QED) is 0.182. The first-order valence-corrected chi connectivity index (χ1v) is 18.0. The topological polar surface area (TPSA) is 29.5 Å². The lowest BCUT2D eigenvalue weighted by atomic mass is 9.98. The molecule has 0 radical (unpaired) electrons. The molecule has 9 aromatic carbocycles. The van der Waals surface area contributed by atoms with Gasteiger partial charge in [0.15, 0.2) is 0 Å². The summed E-state index contributed by atoms with van der Waals surface area (Å²) < 4.78 is 12.9. The Hall–Kier alpha value is -7.10. The van der Waals surface area contributed by atoms with Crippen molar-refractivity contribution in [2.24, 2.45) is 0 Å². The molecule has 3 heteroatoms. The Labute approximate surface area is 305 Å². The summed E-state index contributed by atoms with van der Waals surface area (Å²) in [6.07, 6.45) is 0. The summed E-state index contributed by atoms with van der Waals surface area (Å²) in [5.74, 6) is 0. The van der Waals surface area contributed by atoms with Crippen molar-refractivity contribution < 1.29 is 8.83 Å². The van der Waals surface area contributed by atoms with Gasteiger partial charge in [0.25, 0.3) is 0 Å². The van der Waals surface area contributed by atoms with Crippen LogP contribution in [0.2, 0.25) is 0 Å². The molecular formula is C50H31NO2. The van der Waals surface area contributed by atoms with Crippen LogP contribution < -0.4 is 4.90 Å². The van der Waals surface area contributed by atoms with Crippen LogP contribution in [0.1, 0.15) is 0 Å². The number of hydrogen-bond donors (Lipinski definition) is 0. The molecule has 11 rings (SSSR count). The summed E-state index contributed by atoms with van der Waals surface area (Å²) in [6, 6.07) is 66.8. The minimum Gasteiger partial charge on any atom is -0.456 e. The maximum Gasteiger partial charge on any atom is 0.143 e. The zero-order valence-electron chi connectivity index (χ0n) is 28.7. The third-order valence-electron chi connectivity index (χ3n) is 10.6. The molecule has 0 aliphatic heterocycles. The molecule has 0 aliphatic rings. The van der Waals surface area contributed by atoms with Crippen LogP contribution in [0.4, 0.5) is 17.1 Å². The second-order valence-electron chi connectivity index (χ2n) is 13.7. The smallest absolute Gasteiger partial charge is 0.143 e. The van der Waals surface area contributed by atoms with Gasteiger partial charge in [-0.15, -0.1) is 0 Å². The summed E-state index contributed by atoms with van der Waals surface area (Å²) in [5.41, 5.74) is 11.4. The van der Waals surface area contributed by atoms with Crippen LogP contribution in [-0.2, 0) is 0 Å². The standard InChI is InChI=1S/C50H31NO2/c1-2-12-35-30-37(23-22-32(35)10-1)36-13-7-14-39(31-36)51(44-18-9-21-47-49(44)43-29-26-33-11-3-4-15-41(33)50(43)53-47)38-27-24-34(25-28-38)40-17-8-20-46-48(40)42-16-5-6-19-45(42)52-46/h1-31H.